The fourth-order valence-corrected chi connectivity index (χ4v) is 1.57. The minimum Gasteiger partial charge on any atom is -0.314 e. The van der Waals surface area contributed by atoms with Gasteiger partial charge in [0.05, 0.1) is 0 Å². The molecule has 0 aromatic rings. The molecule has 0 spiro atoms. The van der Waals surface area contributed by atoms with Gasteiger partial charge in [-0.25, -0.2) is 5.01 Å². The van der Waals surface area contributed by atoms with Crippen LogP contribution in [0.4, 0.5) is 0 Å². The molecular weight excluding hydrogens is 125 g/mol. The molecule has 0 saturated carbocycles. The predicted octanol–water partition coefficient (Wildman–Crippen LogP) is -1.28. The molecule has 0 radical (unpaired) electrons. The minimum absolute atomic E-state index is 0.605. The lowest BCUT2D eigenvalue weighted by Gasteiger charge is -2.38. The molecule has 2 atom stereocenters. The smallest absolute Gasteiger partial charge is 0.201 e. The zero-order valence-electron chi connectivity index (χ0n) is 7.02. The third-order valence-corrected chi connectivity index (χ3v) is 2.09. The maximum atomic E-state index is 3.37. The molecule has 0 bridgehead atoms. The SMILES string of the molecule is BNN1[C@H](C)CNC[C@@H]1C. The van der Waals surface area contributed by atoms with E-state index in [1.54, 1.807) is 0 Å². The molecule has 4 heteroatoms. The summed E-state index contributed by atoms with van der Waals surface area (Å²) in [6.07, 6.45) is 0. The predicted molar refractivity (Wildman–Crippen MR) is 45.3 cm³/mol. The van der Waals surface area contributed by atoms with E-state index in [1.165, 1.54) is 0 Å². The standard InChI is InChI=1S/C6H16BN3/c1-5-3-8-4-6(2)10(5)9-7/h5-6,8-9H,3-4,7H2,1-2H3/t5-,6+. The number of nitrogens with zero attached hydrogens (tertiary/aromatic N) is 1. The summed E-state index contributed by atoms with van der Waals surface area (Å²) in [6, 6.07) is 1.21. The molecule has 0 aromatic carbocycles. The van der Waals surface area contributed by atoms with Crippen LogP contribution in [0.2, 0.25) is 0 Å². The van der Waals surface area contributed by atoms with Crippen molar-refractivity contribution in [2.45, 2.75) is 25.9 Å². The van der Waals surface area contributed by atoms with E-state index in [1.807, 2.05) is 7.98 Å². The first-order valence-electron chi connectivity index (χ1n) is 3.92. The van der Waals surface area contributed by atoms with Crippen molar-refractivity contribution in [1.29, 1.82) is 0 Å². The van der Waals surface area contributed by atoms with Crippen LogP contribution >= 0.6 is 0 Å². The topological polar surface area (TPSA) is 27.3 Å². The van der Waals surface area contributed by atoms with Crippen LogP contribution in [0, 0.1) is 0 Å². The minimum atomic E-state index is 0.605. The van der Waals surface area contributed by atoms with E-state index in [4.69, 9.17) is 0 Å². The van der Waals surface area contributed by atoms with Crippen molar-refractivity contribution in [1.82, 2.24) is 15.7 Å². The molecule has 0 aromatic heterocycles. The highest BCUT2D eigenvalue weighted by Crippen LogP contribution is 2.04. The molecule has 58 valence electrons. The number of nitrogens with one attached hydrogen (secondary N) is 2. The first kappa shape index (κ1) is 8.05. The van der Waals surface area contributed by atoms with Crippen LogP contribution in [0.3, 0.4) is 0 Å². The van der Waals surface area contributed by atoms with Gasteiger partial charge in [-0.05, 0) is 13.8 Å². The van der Waals surface area contributed by atoms with E-state index >= 15 is 0 Å². The van der Waals surface area contributed by atoms with Crippen LogP contribution < -0.4 is 10.7 Å². The Morgan fingerprint density at radius 3 is 2.20 bits per heavy atom. The van der Waals surface area contributed by atoms with Gasteiger partial charge in [0.1, 0.15) is 0 Å². The van der Waals surface area contributed by atoms with E-state index in [-0.39, 0.29) is 0 Å². The quantitative estimate of drug-likeness (QED) is 0.445. The van der Waals surface area contributed by atoms with Gasteiger partial charge in [-0.3, -0.25) is 0 Å². The van der Waals surface area contributed by atoms with Crippen molar-refractivity contribution >= 4 is 7.98 Å². The van der Waals surface area contributed by atoms with E-state index < -0.39 is 0 Å². The Balaban J connectivity index is 2.45. The van der Waals surface area contributed by atoms with Gasteiger partial charge in [-0.1, -0.05) is 0 Å². The van der Waals surface area contributed by atoms with Crippen LogP contribution in [0.25, 0.3) is 0 Å². The molecule has 0 amide bonds. The summed E-state index contributed by atoms with van der Waals surface area (Å²) >= 11 is 0. The van der Waals surface area contributed by atoms with Crippen molar-refractivity contribution in [3.05, 3.63) is 0 Å². The second kappa shape index (κ2) is 3.37. The van der Waals surface area contributed by atoms with Gasteiger partial charge in [0.25, 0.3) is 0 Å². The second-order valence-electron chi connectivity index (χ2n) is 2.99. The molecule has 0 aliphatic carbocycles. The summed E-state index contributed by atoms with van der Waals surface area (Å²) in [5, 5.41) is 8.85. The van der Waals surface area contributed by atoms with E-state index in [9.17, 15) is 0 Å². The monoisotopic (exact) mass is 141 g/mol. The highest BCUT2D eigenvalue weighted by atomic mass is 15.5. The molecule has 1 aliphatic rings. The van der Waals surface area contributed by atoms with Crippen molar-refractivity contribution in [3.8, 4) is 0 Å². The van der Waals surface area contributed by atoms with Gasteiger partial charge >= 0.3 is 0 Å². The zero-order chi connectivity index (χ0) is 7.56. The molecule has 1 fully saturated rings. The molecule has 1 aliphatic heterocycles. The molecule has 1 heterocycles. The number of hydrogen-bond acceptors (Lipinski definition) is 3. The number of hydrogen-bond donors (Lipinski definition) is 2. The van der Waals surface area contributed by atoms with Crippen molar-refractivity contribution < 1.29 is 0 Å². The van der Waals surface area contributed by atoms with Gasteiger partial charge in [0.15, 0.2) is 0 Å². The van der Waals surface area contributed by atoms with Crippen LogP contribution in [0.5, 0.6) is 0 Å². The Morgan fingerprint density at radius 1 is 1.40 bits per heavy atom. The first-order valence-corrected chi connectivity index (χ1v) is 3.92. The van der Waals surface area contributed by atoms with Crippen molar-refractivity contribution in [3.63, 3.8) is 0 Å². The Morgan fingerprint density at radius 2 is 1.90 bits per heavy atom. The van der Waals surface area contributed by atoms with Gasteiger partial charge in [-0.15, -0.1) is 0 Å². The lowest BCUT2D eigenvalue weighted by Crippen LogP contribution is -2.59. The van der Waals surface area contributed by atoms with E-state index in [0.717, 1.165) is 13.1 Å². The third kappa shape index (κ3) is 1.51. The fraction of sp³-hybridized carbons (Fsp3) is 1.00. The number of rotatable bonds is 1. The van der Waals surface area contributed by atoms with Crippen molar-refractivity contribution in [2.75, 3.05) is 13.1 Å². The normalized spacial score (nSPS) is 36.2. The Bertz CT molecular complexity index is 99.2. The maximum absolute atomic E-state index is 3.37. The van der Waals surface area contributed by atoms with Crippen molar-refractivity contribution in [2.24, 2.45) is 0 Å². The summed E-state index contributed by atoms with van der Waals surface area (Å²) in [4.78, 5) is 0. The molecule has 10 heavy (non-hydrogen) atoms. The first-order chi connectivity index (χ1) is 4.75. The summed E-state index contributed by atoms with van der Waals surface area (Å²) in [5.74, 6) is 0. The Kier molecular flexibility index (Phi) is 2.71. The molecule has 0 unspecified atom stereocenters. The Labute approximate surface area is 63.6 Å². The maximum Gasteiger partial charge on any atom is 0.201 e. The summed E-state index contributed by atoms with van der Waals surface area (Å²) in [6.45, 7) is 6.62. The van der Waals surface area contributed by atoms with Gasteiger partial charge in [-0.2, -0.15) is 0 Å². The molecular formula is C6H16BN3. The van der Waals surface area contributed by atoms with Crippen LogP contribution in [-0.2, 0) is 0 Å². The highest BCUT2D eigenvalue weighted by molar-refractivity contribution is 6.03. The van der Waals surface area contributed by atoms with E-state index in [0.29, 0.717) is 12.1 Å². The van der Waals surface area contributed by atoms with Gasteiger partial charge in [0.2, 0.25) is 7.98 Å². The Hall–Kier alpha value is -0.0551. The largest absolute Gasteiger partial charge is 0.314 e. The summed E-state index contributed by atoms with van der Waals surface area (Å²) < 4.78 is 0. The lowest BCUT2D eigenvalue weighted by atomic mass is 10.1. The molecule has 1 rings (SSSR count). The van der Waals surface area contributed by atoms with Gasteiger partial charge in [0, 0.05) is 25.2 Å². The molecule has 2 N–H and O–H groups in total. The fourth-order valence-electron chi connectivity index (χ4n) is 1.57. The van der Waals surface area contributed by atoms with E-state index in [2.05, 4.69) is 29.5 Å². The van der Waals surface area contributed by atoms with Crippen LogP contribution in [0.15, 0.2) is 0 Å². The summed E-state index contributed by atoms with van der Waals surface area (Å²) in [5.41, 5.74) is 0. The lowest BCUT2D eigenvalue weighted by molar-refractivity contribution is 0.0930. The average molecular weight is 141 g/mol. The van der Waals surface area contributed by atoms with Crippen LogP contribution in [-0.4, -0.2) is 38.2 Å². The highest BCUT2D eigenvalue weighted by Gasteiger charge is 2.21. The van der Waals surface area contributed by atoms with Gasteiger partial charge < -0.3 is 10.7 Å². The molecule has 1 saturated heterocycles. The summed E-state index contributed by atoms with van der Waals surface area (Å²) in [7, 11) is 1.98. The second-order valence-corrected chi connectivity index (χ2v) is 2.99. The average Bonchev–Trinajstić information content (AvgIpc) is 1.88. The van der Waals surface area contributed by atoms with Crippen LogP contribution in [0.1, 0.15) is 13.8 Å². The number of hydrazine groups is 1. The zero-order valence-corrected chi connectivity index (χ0v) is 7.02. The third-order valence-electron chi connectivity index (χ3n) is 2.09. The number of piperazine rings is 1. The molecule has 3 nitrogen and oxygen atoms in total.